The lowest BCUT2D eigenvalue weighted by Crippen LogP contribution is -2.66. The molecule has 0 aromatic rings. The van der Waals surface area contributed by atoms with Gasteiger partial charge in [-0.1, -0.05) is 32.1 Å². The largest absolute Gasteiger partial charge is 0.425 e. The van der Waals surface area contributed by atoms with E-state index < -0.39 is 41.0 Å². The molecule has 1 N–H and O–H groups in total. The number of ketones is 1. The molecule has 9 heteroatoms. The van der Waals surface area contributed by atoms with Crippen molar-refractivity contribution < 1.29 is 32.3 Å². The number of rotatable bonds is 7. The number of Topliss-reactive ketones (excluding diaryl/α,β-unsaturated/α-hetero) is 1. The standard InChI is InChI=1S/C22H31F3N2O4/c1-14-19(15(2)28)21(22(23,24)25,20(30)27(14)13-17-9-6-12-31-17)26-18(29)11-10-16-7-4-3-5-8-16/h16-17H,3-13H2,1-2H3,(H,26,29)/t17-,21-/m0/s1. The van der Waals surface area contributed by atoms with E-state index in [1.54, 1.807) is 0 Å². The number of ether oxygens (including phenoxy) is 1. The fourth-order valence-electron chi connectivity index (χ4n) is 5.13. The summed E-state index contributed by atoms with van der Waals surface area (Å²) < 4.78 is 48.7. The first-order valence-electron chi connectivity index (χ1n) is 11.1. The molecule has 0 bridgehead atoms. The summed E-state index contributed by atoms with van der Waals surface area (Å²) in [6.45, 7) is 2.73. The first-order valence-corrected chi connectivity index (χ1v) is 11.1. The van der Waals surface area contributed by atoms with Gasteiger partial charge in [0.2, 0.25) is 11.4 Å². The van der Waals surface area contributed by atoms with Crippen molar-refractivity contribution in [2.45, 2.75) is 89.5 Å². The quantitative estimate of drug-likeness (QED) is 0.651. The number of nitrogens with one attached hydrogen (secondary N) is 1. The van der Waals surface area contributed by atoms with Crippen molar-refractivity contribution in [3.05, 3.63) is 11.3 Å². The minimum Gasteiger partial charge on any atom is -0.376 e. The number of hydrogen-bond donors (Lipinski definition) is 1. The molecule has 2 atom stereocenters. The first kappa shape index (κ1) is 23.8. The van der Waals surface area contributed by atoms with Crippen LogP contribution in [-0.4, -0.2) is 53.5 Å². The fourth-order valence-corrected chi connectivity index (χ4v) is 5.13. The van der Waals surface area contributed by atoms with Crippen LogP contribution in [0.4, 0.5) is 13.2 Å². The smallest absolute Gasteiger partial charge is 0.376 e. The lowest BCUT2D eigenvalue weighted by molar-refractivity contribution is -0.195. The second-order valence-electron chi connectivity index (χ2n) is 8.91. The molecule has 2 aliphatic heterocycles. The normalized spacial score (nSPS) is 27.8. The molecule has 1 aliphatic carbocycles. The SMILES string of the molecule is CC(=O)C1=C(C)N(C[C@@H]2CCCO2)C(=O)[C@]1(NC(=O)CCC1CCCCC1)C(F)(F)F. The van der Waals surface area contributed by atoms with E-state index in [2.05, 4.69) is 0 Å². The Labute approximate surface area is 180 Å². The van der Waals surface area contributed by atoms with Crippen LogP contribution < -0.4 is 5.32 Å². The van der Waals surface area contributed by atoms with Crippen molar-refractivity contribution in [2.24, 2.45) is 5.92 Å². The molecule has 0 radical (unpaired) electrons. The summed E-state index contributed by atoms with van der Waals surface area (Å²) in [5.74, 6) is -2.77. The van der Waals surface area contributed by atoms with Crippen LogP contribution in [0.5, 0.6) is 0 Å². The summed E-state index contributed by atoms with van der Waals surface area (Å²) in [6.07, 6.45) is 1.40. The Morgan fingerprint density at radius 3 is 2.39 bits per heavy atom. The first-order chi connectivity index (χ1) is 14.6. The van der Waals surface area contributed by atoms with E-state index in [9.17, 15) is 27.6 Å². The molecular formula is C22H31F3N2O4. The molecular weight excluding hydrogens is 413 g/mol. The molecule has 31 heavy (non-hydrogen) atoms. The third kappa shape index (κ3) is 4.66. The van der Waals surface area contributed by atoms with Crippen LogP contribution in [-0.2, 0) is 19.1 Å². The van der Waals surface area contributed by atoms with Gasteiger partial charge in [-0.05, 0) is 39.0 Å². The molecule has 0 unspecified atom stereocenters. The number of carbonyl (C=O) groups excluding carboxylic acids is 3. The second-order valence-corrected chi connectivity index (χ2v) is 8.91. The van der Waals surface area contributed by atoms with E-state index in [0.29, 0.717) is 25.4 Å². The van der Waals surface area contributed by atoms with Gasteiger partial charge in [-0.3, -0.25) is 14.4 Å². The Morgan fingerprint density at radius 1 is 1.16 bits per heavy atom. The Hall–Kier alpha value is -1.90. The van der Waals surface area contributed by atoms with E-state index >= 15 is 0 Å². The highest BCUT2D eigenvalue weighted by Gasteiger charge is 2.69. The van der Waals surface area contributed by atoms with Crippen molar-refractivity contribution in [3.63, 3.8) is 0 Å². The minimum atomic E-state index is -5.15. The van der Waals surface area contributed by atoms with Gasteiger partial charge in [0.1, 0.15) is 0 Å². The lowest BCUT2D eigenvalue weighted by Gasteiger charge is -2.33. The number of alkyl halides is 3. The molecule has 3 rings (SSSR count). The van der Waals surface area contributed by atoms with Crippen LogP contribution in [0.1, 0.15) is 71.6 Å². The van der Waals surface area contributed by atoms with Crippen molar-refractivity contribution in [1.82, 2.24) is 10.2 Å². The summed E-state index contributed by atoms with van der Waals surface area (Å²) in [5, 5.41) is 1.96. The van der Waals surface area contributed by atoms with E-state index in [0.717, 1.165) is 50.3 Å². The lowest BCUT2D eigenvalue weighted by atomic mass is 9.85. The Kier molecular flexibility index (Phi) is 7.13. The van der Waals surface area contributed by atoms with E-state index in [1.165, 1.54) is 6.92 Å². The number of nitrogens with zero attached hydrogens (tertiary/aromatic N) is 1. The number of carbonyl (C=O) groups is 3. The maximum absolute atomic E-state index is 14.4. The monoisotopic (exact) mass is 444 g/mol. The summed E-state index contributed by atoms with van der Waals surface area (Å²) in [6, 6.07) is 0. The molecule has 174 valence electrons. The van der Waals surface area contributed by atoms with Crippen LogP contribution in [0.3, 0.4) is 0 Å². The van der Waals surface area contributed by atoms with Gasteiger partial charge in [0.05, 0.1) is 18.2 Å². The Morgan fingerprint density at radius 2 is 1.84 bits per heavy atom. The van der Waals surface area contributed by atoms with Gasteiger partial charge < -0.3 is 15.0 Å². The number of amides is 2. The van der Waals surface area contributed by atoms with Crippen LogP contribution in [0.25, 0.3) is 0 Å². The summed E-state index contributed by atoms with van der Waals surface area (Å²) >= 11 is 0. The molecule has 1 saturated heterocycles. The van der Waals surface area contributed by atoms with Gasteiger partial charge in [-0.25, -0.2) is 0 Å². The average Bonchev–Trinajstić information content (AvgIpc) is 3.28. The number of halogens is 3. The molecule has 2 amide bonds. The third-order valence-corrected chi connectivity index (χ3v) is 6.73. The van der Waals surface area contributed by atoms with Crippen molar-refractivity contribution in [1.29, 1.82) is 0 Å². The zero-order chi connectivity index (χ0) is 22.8. The van der Waals surface area contributed by atoms with Crippen molar-refractivity contribution in [3.8, 4) is 0 Å². The van der Waals surface area contributed by atoms with Crippen LogP contribution >= 0.6 is 0 Å². The zero-order valence-electron chi connectivity index (χ0n) is 18.1. The molecule has 3 aliphatic rings. The summed E-state index contributed by atoms with van der Waals surface area (Å²) in [4.78, 5) is 39.1. The fraction of sp³-hybridized carbons (Fsp3) is 0.773. The van der Waals surface area contributed by atoms with Gasteiger partial charge in [-0.2, -0.15) is 13.2 Å². The maximum atomic E-state index is 14.4. The predicted molar refractivity (Wildman–Crippen MR) is 107 cm³/mol. The van der Waals surface area contributed by atoms with E-state index in [-0.39, 0.29) is 18.7 Å². The second kappa shape index (κ2) is 9.30. The van der Waals surface area contributed by atoms with Crippen LogP contribution in [0, 0.1) is 5.92 Å². The van der Waals surface area contributed by atoms with Crippen LogP contribution in [0.2, 0.25) is 0 Å². The molecule has 0 aromatic heterocycles. The van der Waals surface area contributed by atoms with Gasteiger partial charge in [0.25, 0.3) is 5.91 Å². The highest BCUT2D eigenvalue weighted by Crippen LogP contribution is 2.45. The predicted octanol–water partition coefficient (Wildman–Crippen LogP) is 3.65. The molecule has 2 heterocycles. The minimum absolute atomic E-state index is 0.0714. The number of hydrogen-bond acceptors (Lipinski definition) is 4. The Balaban J connectivity index is 1.85. The van der Waals surface area contributed by atoms with Gasteiger partial charge in [0, 0.05) is 18.7 Å². The maximum Gasteiger partial charge on any atom is 0.425 e. The highest BCUT2D eigenvalue weighted by atomic mass is 19.4. The number of allylic oxidation sites excluding steroid dienone is 1. The summed E-state index contributed by atoms with van der Waals surface area (Å²) in [5.41, 5.74) is -4.11. The van der Waals surface area contributed by atoms with Gasteiger partial charge in [-0.15, -0.1) is 0 Å². The zero-order valence-corrected chi connectivity index (χ0v) is 18.1. The van der Waals surface area contributed by atoms with Gasteiger partial charge in [0.15, 0.2) is 5.78 Å². The van der Waals surface area contributed by atoms with Crippen LogP contribution in [0.15, 0.2) is 11.3 Å². The Bertz CT molecular complexity index is 752. The van der Waals surface area contributed by atoms with Gasteiger partial charge >= 0.3 is 6.18 Å². The van der Waals surface area contributed by atoms with Crippen molar-refractivity contribution >= 4 is 17.6 Å². The topological polar surface area (TPSA) is 75.7 Å². The van der Waals surface area contributed by atoms with E-state index in [4.69, 9.17) is 4.74 Å². The van der Waals surface area contributed by atoms with Crippen molar-refractivity contribution in [2.75, 3.05) is 13.2 Å². The molecule has 2 fully saturated rings. The molecule has 0 spiro atoms. The van der Waals surface area contributed by atoms with E-state index in [1.807, 2.05) is 5.32 Å². The molecule has 6 nitrogen and oxygen atoms in total. The third-order valence-electron chi connectivity index (χ3n) is 6.73. The molecule has 0 aromatic carbocycles. The molecule has 1 saturated carbocycles. The highest BCUT2D eigenvalue weighted by molar-refractivity contribution is 6.12. The summed E-state index contributed by atoms with van der Waals surface area (Å²) in [7, 11) is 0. The average molecular weight is 444 g/mol.